The Hall–Kier alpha value is -0.580. The van der Waals surface area contributed by atoms with Gasteiger partial charge in [-0.15, -0.1) is 0 Å². The van der Waals surface area contributed by atoms with Crippen LogP contribution in [-0.2, 0) is 0 Å². The smallest absolute Gasteiger partial charge is 0.144 e. The Morgan fingerprint density at radius 2 is 2.33 bits per heavy atom. The summed E-state index contributed by atoms with van der Waals surface area (Å²) in [6, 6.07) is 5.59. The Balaban J connectivity index is 3.02. The topological polar surface area (TPSA) is 50.4 Å². The van der Waals surface area contributed by atoms with Crippen LogP contribution in [0.15, 0.2) is 27.7 Å². The lowest BCUT2D eigenvalue weighted by Crippen LogP contribution is -2.31. The molecule has 15 heavy (non-hydrogen) atoms. The minimum absolute atomic E-state index is 0.620. The Labute approximate surface area is 103 Å². The Bertz CT molecular complexity index is 366. The van der Waals surface area contributed by atoms with Crippen molar-refractivity contribution >= 4 is 33.4 Å². The monoisotopic (exact) mass is 289 g/mol. The van der Waals surface area contributed by atoms with Crippen molar-refractivity contribution in [1.29, 1.82) is 0 Å². The summed E-state index contributed by atoms with van der Waals surface area (Å²) < 4.78 is 0.933. The number of rotatable bonds is 3. The van der Waals surface area contributed by atoms with Crippen molar-refractivity contribution < 1.29 is 0 Å². The number of hydrogen-bond acceptors (Lipinski definition) is 2. The van der Waals surface area contributed by atoms with Gasteiger partial charge >= 0.3 is 0 Å². The molecule has 0 aromatic heterocycles. The predicted octanol–water partition coefficient (Wildman–Crippen LogP) is 2.72. The zero-order chi connectivity index (χ0) is 11.3. The van der Waals surface area contributed by atoms with Gasteiger partial charge in [0.25, 0.3) is 0 Å². The fraction of sp³-hybridized carbons (Fsp3) is 0.300. The van der Waals surface area contributed by atoms with Crippen LogP contribution in [0.1, 0.15) is 18.9 Å². The van der Waals surface area contributed by atoms with Gasteiger partial charge in [-0.05, 0) is 24.6 Å². The molecule has 0 aliphatic carbocycles. The van der Waals surface area contributed by atoms with E-state index in [1.165, 1.54) is 0 Å². The summed E-state index contributed by atoms with van der Waals surface area (Å²) >= 11 is 9.42. The number of halogens is 2. The average Bonchev–Trinajstić information content (AvgIpc) is 2.21. The van der Waals surface area contributed by atoms with Crippen molar-refractivity contribution in [1.82, 2.24) is 5.43 Å². The van der Waals surface area contributed by atoms with E-state index in [4.69, 9.17) is 17.4 Å². The van der Waals surface area contributed by atoms with Crippen molar-refractivity contribution in [3.05, 3.63) is 33.3 Å². The van der Waals surface area contributed by atoms with Crippen LogP contribution in [0.3, 0.4) is 0 Å². The van der Waals surface area contributed by atoms with Gasteiger partial charge in [-0.1, -0.05) is 34.5 Å². The fourth-order valence-corrected chi connectivity index (χ4v) is 1.88. The Kier molecular flexibility index (Phi) is 5.08. The summed E-state index contributed by atoms with van der Waals surface area (Å²) in [6.45, 7) is 2.78. The molecule has 0 aliphatic rings. The summed E-state index contributed by atoms with van der Waals surface area (Å²) in [5, 5.41) is 0.622. The highest BCUT2D eigenvalue weighted by Gasteiger charge is 2.06. The van der Waals surface area contributed by atoms with E-state index in [1.807, 2.05) is 18.2 Å². The number of nitrogens with zero attached hydrogens (tertiary/aromatic N) is 1. The van der Waals surface area contributed by atoms with Gasteiger partial charge in [-0.2, -0.15) is 0 Å². The van der Waals surface area contributed by atoms with Gasteiger partial charge in [0.2, 0.25) is 0 Å². The predicted molar refractivity (Wildman–Crippen MR) is 68.2 cm³/mol. The number of nitrogens with one attached hydrogen (secondary N) is 1. The fourth-order valence-electron chi connectivity index (χ4n) is 1.11. The highest BCUT2D eigenvalue weighted by Crippen LogP contribution is 2.21. The molecular formula is C10H13BrClN3. The largest absolute Gasteiger partial charge is 0.308 e. The standard InChI is InChI=1S/C10H13BrClN3/c1-2-5-14-10(15-13)8-4-3-7(11)6-9(8)12/h3-4,6H,2,5,13H2,1H3,(H,14,15). The molecule has 0 aliphatic heterocycles. The van der Waals surface area contributed by atoms with Gasteiger partial charge in [-0.3, -0.25) is 4.99 Å². The third-order valence-corrected chi connectivity index (χ3v) is 2.62. The maximum Gasteiger partial charge on any atom is 0.144 e. The van der Waals surface area contributed by atoms with Crippen LogP contribution in [0.2, 0.25) is 5.02 Å². The van der Waals surface area contributed by atoms with Gasteiger partial charge in [0, 0.05) is 16.6 Å². The molecule has 0 heterocycles. The molecule has 82 valence electrons. The lowest BCUT2D eigenvalue weighted by molar-refractivity contribution is 0.907. The van der Waals surface area contributed by atoms with Crippen LogP contribution in [0.4, 0.5) is 0 Å². The molecule has 3 N–H and O–H groups in total. The summed E-state index contributed by atoms with van der Waals surface area (Å²) in [6.07, 6.45) is 0.972. The molecule has 0 fully saturated rings. The van der Waals surface area contributed by atoms with E-state index in [9.17, 15) is 0 Å². The summed E-state index contributed by atoms with van der Waals surface area (Å²) in [7, 11) is 0. The van der Waals surface area contributed by atoms with Gasteiger partial charge < -0.3 is 5.43 Å². The summed E-state index contributed by atoms with van der Waals surface area (Å²) in [4.78, 5) is 4.30. The summed E-state index contributed by atoms with van der Waals surface area (Å²) in [5.74, 6) is 6.02. The van der Waals surface area contributed by atoms with E-state index in [0.717, 1.165) is 23.0 Å². The van der Waals surface area contributed by atoms with Crippen LogP contribution in [0.25, 0.3) is 0 Å². The lowest BCUT2D eigenvalue weighted by atomic mass is 10.2. The van der Waals surface area contributed by atoms with Crippen LogP contribution in [0, 0.1) is 0 Å². The van der Waals surface area contributed by atoms with E-state index in [-0.39, 0.29) is 0 Å². The zero-order valence-electron chi connectivity index (χ0n) is 8.43. The van der Waals surface area contributed by atoms with Gasteiger partial charge in [0.1, 0.15) is 5.84 Å². The molecule has 1 aromatic carbocycles. The molecule has 0 unspecified atom stereocenters. The number of benzene rings is 1. The van der Waals surface area contributed by atoms with E-state index >= 15 is 0 Å². The molecule has 0 radical (unpaired) electrons. The maximum absolute atomic E-state index is 6.08. The van der Waals surface area contributed by atoms with Crippen molar-refractivity contribution in [3.8, 4) is 0 Å². The average molecular weight is 291 g/mol. The Morgan fingerprint density at radius 1 is 1.60 bits per heavy atom. The first-order valence-corrected chi connectivity index (χ1v) is 5.82. The first kappa shape index (κ1) is 12.5. The molecule has 3 nitrogen and oxygen atoms in total. The third-order valence-electron chi connectivity index (χ3n) is 1.82. The van der Waals surface area contributed by atoms with Crippen LogP contribution in [0.5, 0.6) is 0 Å². The second kappa shape index (κ2) is 6.10. The molecule has 0 saturated heterocycles. The van der Waals surface area contributed by atoms with E-state index in [0.29, 0.717) is 10.9 Å². The molecule has 0 bridgehead atoms. The molecule has 1 aromatic rings. The summed E-state index contributed by atoms with van der Waals surface area (Å²) in [5.41, 5.74) is 3.38. The number of nitrogens with two attached hydrogens (primary N) is 1. The molecule has 1 rings (SSSR count). The van der Waals surface area contributed by atoms with E-state index < -0.39 is 0 Å². The lowest BCUT2D eigenvalue weighted by Gasteiger charge is -2.07. The van der Waals surface area contributed by atoms with Crippen LogP contribution >= 0.6 is 27.5 Å². The minimum Gasteiger partial charge on any atom is -0.308 e. The van der Waals surface area contributed by atoms with Crippen LogP contribution < -0.4 is 11.3 Å². The SMILES string of the molecule is CCCN=C(NN)c1ccc(Br)cc1Cl. The number of aliphatic imine (C=N–C) groups is 1. The molecule has 0 atom stereocenters. The second-order valence-electron chi connectivity index (χ2n) is 3.00. The Morgan fingerprint density at radius 3 is 2.87 bits per heavy atom. The quantitative estimate of drug-likeness (QED) is 0.389. The first-order chi connectivity index (χ1) is 7.19. The van der Waals surface area contributed by atoms with Crippen LogP contribution in [-0.4, -0.2) is 12.4 Å². The first-order valence-electron chi connectivity index (χ1n) is 4.65. The second-order valence-corrected chi connectivity index (χ2v) is 4.32. The van der Waals surface area contributed by atoms with Gasteiger partial charge in [-0.25, -0.2) is 5.84 Å². The maximum atomic E-state index is 6.08. The third kappa shape index (κ3) is 3.48. The van der Waals surface area contributed by atoms with Crippen molar-refractivity contribution in [2.75, 3.05) is 6.54 Å². The zero-order valence-corrected chi connectivity index (χ0v) is 10.8. The van der Waals surface area contributed by atoms with Crippen molar-refractivity contribution in [2.24, 2.45) is 10.8 Å². The number of hydrazine groups is 1. The van der Waals surface area contributed by atoms with E-state index in [1.54, 1.807) is 0 Å². The normalized spacial score (nSPS) is 11.6. The highest BCUT2D eigenvalue weighted by atomic mass is 79.9. The molecule has 5 heteroatoms. The number of amidine groups is 1. The molecule has 0 spiro atoms. The van der Waals surface area contributed by atoms with Gasteiger partial charge in [0.05, 0.1) is 5.02 Å². The highest BCUT2D eigenvalue weighted by molar-refractivity contribution is 9.10. The van der Waals surface area contributed by atoms with Crippen molar-refractivity contribution in [3.63, 3.8) is 0 Å². The molecule has 0 amide bonds. The number of hydrogen-bond donors (Lipinski definition) is 2. The van der Waals surface area contributed by atoms with E-state index in [2.05, 4.69) is 33.3 Å². The van der Waals surface area contributed by atoms with Crippen molar-refractivity contribution in [2.45, 2.75) is 13.3 Å². The minimum atomic E-state index is 0.620. The molecule has 0 saturated carbocycles. The van der Waals surface area contributed by atoms with Gasteiger partial charge in [0.15, 0.2) is 0 Å². The molecular weight excluding hydrogens is 277 g/mol.